The summed E-state index contributed by atoms with van der Waals surface area (Å²) in [6, 6.07) is 4.10. The van der Waals surface area contributed by atoms with Gasteiger partial charge >= 0.3 is 5.97 Å². The molecular formula is C20H30N4O4. The Morgan fingerprint density at radius 1 is 1.07 bits per heavy atom. The lowest BCUT2D eigenvalue weighted by atomic mass is 10.1. The summed E-state index contributed by atoms with van der Waals surface area (Å²) in [6.45, 7) is 7.39. The maximum absolute atomic E-state index is 12.0. The van der Waals surface area contributed by atoms with Crippen LogP contribution in [0, 0.1) is 0 Å². The van der Waals surface area contributed by atoms with Gasteiger partial charge in [-0.3, -0.25) is 9.78 Å². The zero-order valence-electron chi connectivity index (χ0n) is 16.7. The van der Waals surface area contributed by atoms with Crippen molar-refractivity contribution in [3.05, 3.63) is 24.5 Å². The molecule has 2 fully saturated rings. The van der Waals surface area contributed by atoms with Crippen LogP contribution in [-0.4, -0.2) is 85.3 Å². The van der Waals surface area contributed by atoms with Gasteiger partial charge < -0.3 is 14.4 Å². The van der Waals surface area contributed by atoms with Crippen LogP contribution in [-0.2, 0) is 19.1 Å². The Hall–Kier alpha value is -2.03. The minimum atomic E-state index is -1.09. The highest BCUT2D eigenvalue weighted by Crippen LogP contribution is 2.21. The molecular weight excluding hydrogens is 360 g/mol. The molecule has 0 N–H and O–H groups in total. The van der Waals surface area contributed by atoms with Gasteiger partial charge in [-0.15, -0.1) is 0 Å². The van der Waals surface area contributed by atoms with Crippen LogP contribution >= 0.6 is 0 Å². The zero-order valence-corrected chi connectivity index (χ0v) is 16.7. The molecule has 0 amide bonds. The molecule has 0 spiro atoms. The van der Waals surface area contributed by atoms with E-state index in [0.717, 1.165) is 52.1 Å². The van der Waals surface area contributed by atoms with Crippen molar-refractivity contribution in [2.24, 2.45) is 0 Å². The van der Waals surface area contributed by atoms with Crippen molar-refractivity contribution in [2.75, 3.05) is 51.3 Å². The summed E-state index contributed by atoms with van der Waals surface area (Å²) in [5.41, 5.74) is 1.22. The Balaban J connectivity index is 1.45. The topological polar surface area (TPSA) is 75.2 Å². The number of aromatic nitrogens is 1. The van der Waals surface area contributed by atoms with Gasteiger partial charge in [-0.1, -0.05) is 6.92 Å². The number of carbonyl (C=O) groups excluding carboxylic acids is 2. The molecule has 0 aromatic carbocycles. The number of hydrogen-bond donors (Lipinski definition) is 0. The molecule has 154 valence electrons. The molecule has 1 aromatic rings. The van der Waals surface area contributed by atoms with Crippen LogP contribution in [0.5, 0.6) is 0 Å². The van der Waals surface area contributed by atoms with Gasteiger partial charge in [0.05, 0.1) is 13.2 Å². The Kier molecular flexibility index (Phi) is 7.36. The normalized spacial score (nSPS) is 20.7. The number of piperidine rings is 1. The number of pyridine rings is 1. The van der Waals surface area contributed by atoms with Crippen molar-refractivity contribution in [2.45, 2.75) is 38.4 Å². The average molecular weight is 390 g/mol. The zero-order chi connectivity index (χ0) is 19.9. The van der Waals surface area contributed by atoms with Crippen LogP contribution in [0.2, 0.25) is 0 Å². The molecule has 1 atom stereocenters. The number of ether oxygens (including phenoxy) is 2. The summed E-state index contributed by atoms with van der Waals surface area (Å²) in [5, 5.41) is 4.78. The van der Waals surface area contributed by atoms with Crippen LogP contribution in [0.3, 0.4) is 0 Å². The fourth-order valence-corrected chi connectivity index (χ4v) is 3.80. The first-order valence-electron chi connectivity index (χ1n) is 10.0. The van der Waals surface area contributed by atoms with Crippen LogP contribution in [0.1, 0.15) is 26.2 Å². The molecule has 3 heterocycles. The molecule has 8 heteroatoms. The van der Waals surface area contributed by atoms with Gasteiger partial charge in [0.1, 0.15) is 0 Å². The summed E-state index contributed by atoms with van der Waals surface area (Å²) in [5.74, 6) is -0.817. The first-order chi connectivity index (χ1) is 13.6. The standard InChI is InChI=1S/C20H30N4O4/c1-3-18(25)19(20(26)27-2)28-17-6-10-23(11-7-17)24-14-12-22(13-15-24)16-4-8-21-9-5-16/h4-5,8-9,17,19H,3,6-7,10-15H2,1-2H3/t19-/m0/s1. The monoisotopic (exact) mass is 390 g/mol. The Bertz CT molecular complexity index is 625. The number of anilines is 1. The number of nitrogens with zero attached hydrogens (tertiary/aromatic N) is 4. The van der Waals surface area contributed by atoms with E-state index in [0.29, 0.717) is 0 Å². The molecule has 28 heavy (non-hydrogen) atoms. The largest absolute Gasteiger partial charge is 0.467 e. The lowest BCUT2D eigenvalue weighted by molar-refractivity contribution is -0.167. The summed E-state index contributed by atoms with van der Waals surface area (Å²) in [4.78, 5) is 30.3. The fourth-order valence-electron chi connectivity index (χ4n) is 3.80. The lowest BCUT2D eigenvalue weighted by Crippen LogP contribution is -2.56. The molecule has 8 nitrogen and oxygen atoms in total. The second kappa shape index (κ2) is 9.95. The summed E-state index contributed by atoms with van der Waals surface area (Å²) in [6.07, 6.45) is 4.35. The highest BCUT2D eigenvalue weighted by Gasteiger charge is 2.33. The molecule has 0 bridgehead atoms. The quantitative estimate of drug-likeness (QED) is 0.507. The summed E-state index contributed by atoms with van der Waals surface area (Å²) in [7, 11) is 1.29. The van der Waals surface area contributed by atoms with E-state index in [1.807, 2.05) is 24.5 Å². The number of carbonyl (C=O) groups is 2. The summed E-state index contributed by atoms with van der Waals surface area (Å²) < 4.78 is 10.6. The van der Waals surface area contributed by atoms with Gasteiger partial charge in [0.25, 0.3) is 0 Å². The van der Waals surface area contributed by atoms with E-state index in [2.05, 4.69) is 19.9 Å². The Morgan fingerprint density at radius 2 is 1.68 bits per heavy atom. The molecule has 1 aromatic heterocycles. The third-order valence-electron chi connectivity index (χ3n) is 5.49. The molecule has 3 rings (SSSR count). The smallest absolute Gasteiger partial charge is 0.342 e. The number of ketones is 1. The molecule has 2 saturated heterocycles. The number of Topliss-reactive ketones (excluding diaryl/α,β-unsaturated/α-hetero) is 1. The number of esters is 1. The first-order valence-corrected chi connectivity index (χ1v) is 10.0. The fraction of sp³-hybridized carbons (Fsp3) is 0.650. The second-order valence-corrected chi connectivity index (χ2v) is 7.16. The van der Waals surface area contributed by atoms with Crippen molar-refractivity contribution in [3.63, 3.8) is 0 Å². The van der Waals surface area contributed by atoms with Gasteiger partial charge in [0, 0.05) is 63.8 Å². The first kappa shape index (κ1) is 20.7. The second-order valence-electron chi connectivity index (χ2n) is 7.16. The number of methoxy groups -OCH3 is 1. The van der Waals surface area contributed by atoms with Crippen molar-refractivity contribution in [1.29, 1.82) is 0 Å². The van der Waals surface area contributed by atoms with Crippen LogP contribution in [0.4, 0.5) is 5.69 Å². The minimum absolute atomic E-state index is 0.0889. The van der Waals surface area contributed by atoms with Crippen LogP contribution in [0.25, 0.3) is 0 Å². The molecule has 0 radical (unpaired) electrons. The predicted molar refractivity (Wildman–Crippen MR) is 105 cm³/mol. The maximum Gasteiger partial charge on any atom is 0.342 e. The third kappa shape index (κ3) is 5.06. The highest BCUT2D eigenvalue weighted by molar-refractivity contribution is 6.01. The van der Waals surface area contributed by atoms with E-state index < -0.39 is 12.1 Å². The summed E-state index contributed by atoms with van der Waals surface area (Å²) >= 11 is 0. The van der Waals surface area contributed by atoms with E-state index in [1.54, 1.807) is 6.92 Å². The molecule has 0 aliphatic carbocycles. The van der Waals surface area contributed by atoms with E-state index in [9.17, 15) is 9.59 Å². The minimum Gasteiger partial charge on any atom is -0.467 e. The number of hydrogen-bond acceptors (Lipinski definition) is 8. The molecule has 0 saturated carbocycles. The van der Waals surface area contributed by atoms with Gasteiger partial charge in [-0.25, -0.2) is 14.8 Å². The average Bonchev–Trinajstić information content (AvgIpc) is 2.77. The van der Waals surface area contributed by atoms with E-state index in [4.69, 9.17) is 9.47 Å². The lowest BCUT2D eigenvalue weighted by Gasteiger charge is -2.44. The van der Waals surface area contributed by atoms with Gasteiger partial charge in [0.15, 0.2) is 5.78 Å². The number of rotatable bonds is 7. The van der Waals surface area contributed by atoms with Gasteiger partial charge in [0.2, 0.25) is 6.10 Å². The van der Waals surface area contributed by atoms with Crippen LogP contribution in [0.15, 0.2) is 24.5 Å². The number of piperazine rings is 1. The van der Waals surface area contributed by atoms with E-state index in [1.165, 1.54) is 12.8 Å². The molecule has 2 aliphatic heterocycles. The van der Waals surface area contributed by atoms with E-state index in [-0.39, 0.29) is 18.3 Å². The Morgan fingerprint density at radius 3 is 2.25 bits per heavy atom. The SMILES string of the molecule is CCC(=O)[C@H](OC1CCN(N2CCN(c3ccncc3)CC2)CC1)C(=O)OC. The predicted octanol–water partition coefficient (Wildman–Crippen LogP) is 1.12. The van der Waals surface area contributed by atoms with Gasteiger partial charge in [-0.2, -0.15) is 0 Å². The van der Waals surface area contributed by atoms with E-state index >= 15 is 0 Å². The molecule has 0 unspecified atom stereocenters. The van der Waals surface area contributed by atoms with Gasteiger partial charge in [-0.05, 0) is 25.0 Å². The van der Waals surface area contributed by atoms with Crippen LogP contribution < -0.4 is 4.90 Å². The molecule has 2 aliphatic rings. The van der Waals surface area contributed by atoms with Crippen molar-refractivity contribution in [1.82, 2.24) is 15.0 Å². The third-order valence-corrected chi connectivity index (χ3v) is 5.49. The van der Waals surface area contributed by atoms with Crippen molar-refractivity contribution >= 4 is 17.4 Å². The van der Waals surface area contributed by atoms with Crippen molar-refractivity contribution < 1.29 is 19.1 Å². The van der Waals surface area contributed by atoms with Crippen molar-refractivity contribution in [3.8, 4) is 0 Å². The maximum atomic E-state index is 12.0. The Labute approximate surface area is 166 Å². The number of hydrazine groups is 1. The highest BCUT2D eigenvalue weighted by atomic mass is 16.6.